The number of hydrogen-bond donors (Lipinski definition) is 0. The number of para-hydroxylation sites is 2. The van der Waals surface area contributed by atoms with Gasteiger partial charge >= 0.3 is 0 Å². The van der Waals surface area contributed by atoms with Gasteiger partial charge in [0.1, 0.15) is 15.5 Å². The summed E-state index contributed by atoms with van der Waals surface area (Å²) in [5.41, 5.74) is 9.92. The van der Waals surface area contributed by atoms with E-state index in [1.165, 1.54) is 9.40 Å². The van der Waals surface area contributed by atoms with Crippen LogP contribution in [0.5, 0.6) is 0 Å². The normalized spacial score (nSPS) is 11.3. The fourth-order valence-electron chi connectivity index (χ4n) is 5.82. The summed E-state index contributed by atoms with van der Waals surface area (Å²) in [6.07, 6.45) is 0. The summed E-state index contributed by atoms with van der Waals surface area (Å²) in [6.45, 7) is 0. The number of rotatable bonds is 6. The van der Waals surface area contributed by atoms with Crippen molar-refractivity contribution in [2.45, 2.75) is 0 Å². The molecule has 0 unspecified atom stereocenters. The molecule has 9 rings (SSSR count). The first-order chi connectivity index (χ1) is 23.7. The first-order valence-corrected chi connectivity index (χ1v) is 17.0. The molecule has 3 heterocycles. The Labute approximate surface area is 283 Å². The molecule has 6 nitrogen and oxygen atoms in total. The minimum atomic E-state index is 0.513. The van der Waals surface area contributed by atoms with Gasteiger partial charge in [0.15, 0.2) is 5.58 Å². The Morgan fingerprint density at radius 2 is 1.02 bits per heavy atom. The van der Waals surface area contributed by atoms with Crippen LogP contribution in [0.3, 0.4) is 0 Å². The van der Waals surface area contributed by atoms with E-state index in [4.69, 9.17) is 14.4 Å². The van der Waals surface area contributed by atoms with E-state index in [1.807, 2.05) is 42.5 Å². The zero-order valence-electron chi connectivity index (χ0n) is 25.2. The highest BCUT2D eigenvalue weighted by molar-refractivity contribution is 7.22. The van der Waals surface area contributed by atoms with Gasteiger partial charge in [0.25, 0.3) is 0 Å². The van der Waals surface area contributed by atoms with Gasteiger partial charge < -0.3 is 9.32 Å². The molecule has 0 aliphatic rings. The topological polar surface area (TPSA) is 78.8 Å². The number of anilines is 3. The molecule has 0 aliphatic heterocycles. The van der Waals surface area contributed by atoms with Gasteiger partial charge in [0.2, 0.25) is 5.89 Å². The van der Waals surface area contributed by atoms with Crippen LogP contribution in [0, 0.1) is 11.3 Å². The molecule has 0 N–H and O–H groups in total. The van der Waals surface area contributed by atoms with Crippen molar-refractivity contribution >= 4 is 71.3 Å². The maximum atomic E-state index is 9.28. The Hall–Kier alpha value is -6.14. The van der Waals surface area contributed by atoms with Crippen LogP contribution in [-0.4, -0.2) is 15.0 Å². The first kappa shape index (κ1) is 28.1. The smallest absolute Gasteiger partial charge is 0.227 e. The summed E-state index contributed by atoms with van der Waals surface area (Å²) in [5, 5.41) is 11.3. The van der Waals surface area contributed by atoms with Crippen LogP contribution < -0.4 is 4.90 Å². The van der Waals surface area contributed by atoms with Crippen molar-refractivity contribution in [1.29, 1.82) is 5.26 Å². The summed E-state index contributed by atoms with van der Waals surface area (Å²) in [5.74, 6) is 0.513. The number of fused-ring (bicyclic) bond motifs is 3. The van der Waals surface area contributed by atoms with Gasteiger partial charge in [-0.3, -0.25) is 0 Å². The lowest BCUT2D eigenvalue weighted by atomic mass is 10.1. The third kappa shape index (κ3) is 5.08. The lowest BCUT2D eigenvalue weighted by molar-refractivity contribution is 0.620. The van der Waals surface area contributed by atoms with Crippen LogP contribution in [0.1, 0.15) is 5.56 Å². The zero-order valence-corrected chi connectivity index (χ0v) is 26.9. The number of oxazole rings is 1. The van der Waals surface area contributed by atoms with E-state index in [0.717, 1.165) is 60.3 Å². The lowest BCUT2D eigenvalue weighted by Gasteiger charge is -2.26. The van der Waals surface area contributed by atoms with Crippen LogP contribution in [0.4, 0.5) is 17.1 Å². The van der Waals surface area contributed by atoms with E-state index in [9.17, 15) is 5.26 Å². The molecule has 3 aromatic heterocycles. The molecule has 0 atom stereocenters. The highest BCUT2D eigenvalue weighted by atomic mass is 32.1. The Balaban J connectivity index is 1.09. The second-order valence-electron chi connectivity index (χ2n) is 11.3. The second-order valence-corrected chi connectivity index (χ2v) is 13.3. The van der Waals surface area contributed by atoms with Crippen LogP contribution in [0.15, 0.2) is 144 Å². The van der Waals surface area contributed by atoms with Gasteiger partial charge in [-0.1, -0.05) is 24.3 Å². The molecule has 48 heavy (non-hydrogen) atoms. The van der Waals surface area contributed by atoms with Crippen molar-refractivity contribution in [2.24, 2.45) is 0 Å². The van der Waals surface area contributed by atoms with Crippen molar-refractivity contribution in [1.82, 2.24) is 15.0 Å². The van der Waals surface area contributed by atoms with Crippen molar-refractivity contribution in [3.05, 3.63) is 145 Å². The van der Waals surface area contributed by atoms with Crippen molar-refractivity contribution < 1.29 is 4.42 Å². The molecule has 0 aliphatic carbocycles. The predicted molar refractivity (Wildman–Crippen MR) is 196 cm³/mol. The molecule has 0 radical (unpaired) electrons. The number of benzene rings is 6. The lowest BCUT2D eigenvalue weighted by Crippen LogP contribution is -2.09. The minimum Gasteiger partial charge on any atom is -0.436 e. The zero-order chi connectivity index (χ0) is 32.0. The van der Waals surface area contributed by atoms with Crippen LogP contribution in [-0.2, 0) is 0 Å². The Morgan fingerprint density at radius 3 is 1.52 bits per heavy atom. The number of hydrogen-bond acceptors (Lipinski definition) is 8. The molecule has 0 spiro atoms. The van der Waals surface area contributed by atoms with Crippen LogP contribution in [0.25, 0.3) is 64.1 Å². The second kappa shape index (κ2) is 11.6. The van der Waals surface area contributed by atoms with Crippen LogP contribution in [0.2, 0.25) is 0 Å². The van der Waals surface area contributed by atoms with E-state index >= 15 is 0 Å². The monoisotopic (exact) mass is 653 g/mol. The van der Waals surface area contributed by atoms with Crippen molar-refractivity contribution in [3.8, 4) is 38.7 Å². The molecule has 8 heteroatoms. The van der Waals surface area contributed by atoms with Gasteiger partial charge in [-0.25, -0.2) is 15.0 Å². The minimum absolute atomic E-state index is 0.513. The quantitative estimate of drug-likeness (QED) is 0.178. The average Bonchev–Trinajstić information content (AvgIpc) is 3.89. The van der Waals surface area contributed by atoms with Crippen molar-refractivity contribution in [3.63, 3.8) is 0 Å². The van der Waals surface area contributed by atoms with Crippen LogP contribution >= 0.6 is 22.7 Å². The van der Waals surface area contributed by atoms with Gasteiger partial charge in [0, 0.05) is 39.8 Å². The number of nitrogens with zero attached hydrogens (tertiary/aromatic N) is 5. The third-order valence-corrected chi connectivity index (χ3v) is 10.4. The van der Waals surface area contributed by atoms with E-state index < -0.39 is 0 Å². The fourth-order valence-corrected chi connectivity index (χ4v) is 7.76. The number of nitriles is 1. The maximum absolute atomic E-state index is 9.28. The fraction of sp³-hybridized carbons (Fsp3) is 0. The molecular formula is C40H23N5OS2. The van der Waals surface area contributed by atoms with E-state index in [2.05, 4.69) is 101 Å². The first-order valence-electron chi connectivity index (χ1n) is 15.3. The number of aromatic nitrogens is 3. The summed E-state index contributed by atoms with van der Waals surface area (Å²) >= 11 is 3.40. The molecule has 0 saturated heterocycles. The van der Waals surface area contributed by atoms with Gasteiger partial charge in [-0.05, 0) is 109 Å². The van der Waals surface area contributed by atoms with E-state index in [0.29, 0.717) is 17.0 Å². The highest BCUT2D eigenvalue weighted by Gasteiger charge is 2.16. The van der Waals surface area contributed by atoms with E-state index in [-0.39, 0.29) is 0 Å². The Bertz CT molecular complexity index is 2450. The molecule has 0 amide bonds. The van der Waals surface area contributed by atoms with Gasteiger partial charge in [-0.15, -0.1) is 22.7 Å². The average molecular weight is 654 g/mol. The predicted octanol–water partition coefficient (Wildman–Crippen LogP) is 11.4. The molecule has 0 saturated carbocycles. The standard InChI is InChI=1S/C40H23N5OS2/c41-24-25-9-22-32-35(23-25)46-38(42-32)26-10-16-29(17-11-26)45(30-18-12-27(13-19-30)39-43-33-5-1-3-7-36(33)47-39)31-20-14-28(15-21-31)40-44-34-6-2-4-8-37(34)48-40/h1-23H. The van der Waals surface area contributed by atoms with Gasteiger partial charge in [0.05, 0.1) is 32.1 Å². The molecule has 9 aromatic rings. The molecule has 6 aromatic carbocycles. The van der Waals surface area contributed by atoms with Gasteiger partial charge in [-0.2, -0.15) is 5.26 Å². The third-order valence-electron chi connectivity index (χ3n) is 8.22. The Kier molecular flexibility index (Phi) is 6.78. The van der Waals surface area contributed by atoms with Crippen molar-refractivity contribution in [2.75, 3.05) is 4.90 Å². The molecule has 0 bridgehead atoms. The SMILES string of the molecule is N#Cc1ccc2nc(-c3ccc(N(c4ccc(-c5nc6ccccc6s5)cc4)c4ccc(-c5nc6ccccc6s5)cc4)cc3)oc2c1. The summed E-state index contributed by atoms with van der Waals surface area (Å²) in [7, 11) is 0. The maximum Gasteiger partial charge on any atom is 0.227 e. The largest absolute Gasteiger partial charge is 0.436 e. The molecule has 226 valence electrons. The molecular weight excluding hydrogens is 631 g/mol. The number of thiazole rings is 2. The Morgan fingerprint density at radius 1 is 0.521 bits per heavy atom. The summed E-state index contributed by atoms with van der Waals surface area (Å²) in [6, 6.07) is 49.2. The van der Waals surface area contributed by atoms with E-state index in [1.54, 1.807) is 34.8 Å². The summed E-state index contributed by atoms with van der Waals surface area (Å²) in [4.78, 5) is 16.6. The molecule has 0 fully saturated rings. The highest BCUT2D eigenvalue weighted by Crippen LogP contribution is 2.39. The summed E-state index contributed by atoms with van der Waals surface area (Å²) < 4.78 is 8.39.